The third kappa shape index (κ3) is 4.37. The van der Waals surface area contributed by atoms with Crippen molar-refractivity contribution in [2.24, 2.45) is 0 Å². The molecule has 1 saturated heterocycles. The first-order chi connectivity index (χ1) is 7.15. The van der Waals surface area contributed by atoms with E-state index in [2.05, 4.69) is 5.32 Å². The summed E-state index contributed by atoms with van der Waals surface area (Å²) in [5.74, 6) is -0.382. The van der Waals surface area contributed by atoms with Crippen molar-refractivity contribution in [1.82, 2.24) is 10.2 Å². The number of nitrogens with zero attached hydrogens (tertiary/aromatic N) is 1. The molecule has 1 aliphatic heterocycles. The van der Waals surface area contributed by atoms with Gasteiger partial charge in [-0.3, -0.25) is 9.59 Å². The summed E-state index contributed by atoms with van der Waals surface area (Å²) in [6.07, 6.45) is 1.87. The average Bonchev–Trinajstić information content (AvgIpc) is 2.69. The van der Waals surface area contributed by atoms with Crippen LogP contribution in [-0.2, 0) is 14.3 Å². The number of halogens is 1. The molecule has 1 amide bonds. The Morgan fingerprint density at radius 1 is 1.50 bits per heavy atom. The number of esters is 1. The molecule has 0 aromatic carbocycles. The average molecular weight is 251 g/mol. The van der Waals surface area contributed by atoms with Crippen LogP contribution in [0.1, 0.15) is 19.8 Å². The van der Waals surface area contributed by atoms with Crippen molar-refractivity contribution in [1.29, 1.82) is 0 Å². The molecule has 0 aliphatic carbocycles. The van der Waals surface area contributed by atoms with Gasteiger partial charge in [0, 0.05) is 7.05 Å². The minimum atomic E-state index is -0.355. The van der Waals surface area contributed by atoms with Gasteiger partial charge in [-0.2, -0.15) is 0 Å². The number of likely N-dealkylation sites (N-methyl/N-ethyl adjacent to an activating group) is 1. The van der Waals surface area contributed by atoms with E-state index in [1.54, 1.807) is 14.0 Å². The summed E-state index contributed by atoms with van der Waals surface area (Å²) in [4.78, 5) is 24.3. The zero-order valence-electron chi connectivity index (χ0n) is 9.69. The lowest BCUT2D eigenvalue weighted by Gasteiger charge is -2.19. The number of hydrogen-bond acceptors (Lipinski definition) is 4. The predicted molar refractivity (Wildman–Crippen MR) is 62.5 cm³/mol. The zero-order valence-corrected chi connectivity index (χ0v) is 10.5. The second kappa shape index (κ2) is 7.46. The van der Waals surface area contributed by atoms with Crippen LogP contribution >= 0.6 is 12.4 Å². The first-order valence-electron chi connectivity index (χ1n) is 5.29. The smallest absolute Gasteiger partial charge is 0.325 e. The molecule has 1 atom stereocenters. The van der Waals surface area contributed by atoms with Gasteiger partial charge in [0.15, 0.2) is 0 Å². The van der Waals surface area contributed by atoms with Gasteiger partial charge in [-0.15, -0.1) is 12.4 Å². The lowest BCUT2D eigenvalue weighted by molar-refractivity contribution is -0.148. The van der Waals surface area contributed by atoms with Crippen molar-refractivity contribution in [3.05, 3.63) is 0 Å². The minimum Gasteiger partial charge on any atom is -0.465 e. The number of amides is 1. The maximum absolute atomic E-state index is 11.7. The molecule has 1 fully saturated rings. The Labute approximate surface area is 102 Å². The fourth-order valence-corrected chi connectivity index (χ4v) is 1.64. The van der Waals surface area contributed by atoms with Gasteiger partial charge in [0.2, 0.25) is 5.91 Å². The maximum atomic E-state index is 11.7. The molecule has 1 heterocycles. The van der Waals surface area contributed by atoms with Crippen LogP contribution in [-0.4, -0.2) is 49.6 Å². The molecule has 0 bridgehead atoms. The Hall–Kier alpha value is -0.810. The highest BCUT2D eigenvalue weighted by molar-refractivity contribution is 5.86. The third-order valence-electron chi connectivity index (χ3n) is 2.41. The fourth-order valence-electron chi connectivity index (χ4n) is 1.64. The monoisotopic (exact) mass is 250 g/mol. The first-order valence-corrected chi connectivity index (χ1v) is 5.29. The van der Waals surface area contributed by atoms with Crippen LogP contribution in [0.15, 0.2) is 0 Å². The van der Waals surface area contributed by atoms with Gasteiger partial charge in [-0.05, 0) is 26.3 Å². The molecule has 0 spiro atoms. The van der Waals surface area contributed by atoms with Crippen LogP contribution in [0.2, 0.25) is 0 Å². The van der Waals surface area contributed by atoms with E-state index >= 15 is 0 Å². The van der Waals surface area contributed by atoms with Crippen LogP contribution in [0.25, 0.3) is 0 Å². The van der Waals surface area contributed by atoms with E-state index in [0.29, 0.717) is 6.61 Å². The number of hydrogen-bond donors (Lipinski definition) is 1. The molecule has 0 saturated carbocycles. The number of carbonyl (C=O) groups excluding carboxylic acids is 2. The van der Waals surface area contributed by atoms with Crippen LogP contribution in [0.5, 0.6) is 0 Å². The second-order valence-electron chi connectivity index (χ2n) is 3.65. The topological polar surface area (TPSA) is 58.6 Å². The molecule has 16 heavy (non-hydrogen) atoms. The van der Waals surface area contributed by atoms with Crippen molar-refractivity contribution in [2.45, 2.75) is 25.8 Å². The van der Waals surface area contributed by atoms with E-state index in [1.165, 1.54) is 4.90 Å². The molecule has 5 nitrogen and oxygen atoms in total. The largest absolute Gasteiger partial charge is 0.465 e. The van der Waals surface area contributed by atoms with Gasteiger partial charge in [0.1, 0.15) is 6.54 Å². The Morgan fingerprint density at radius 3 is 2.69 bits per heavy atom. The van der Waals surface area contributed by atoms with Crippen molar-refractivity contribution in [3.8, 4) is 0 Å². The molecule has 94 valence electrons. The number of nitrogens with one attached hydrogen (secondary N) is 1. The van der Waals surface area contributed by atoms with Crippen molar-refractivity contribution >= 4 is 24.3 Å². The summed E-state index contributed by atoms with van der Waals surface area (Å²) >= 11 is 0. The molecule has 0 aromatic heterocycles. The highest BCUT2D eigenvalue weighted by Gasteiger charge is 2.25. The summed E-state index contributed by atoms with van der Waals surface area (Å²) in [7, 11) is 1.62. The molecular weight excluding hydrogens is 232 g/mol. The van der Waals surface area contributed by atoms with Crippen molar-refractivity contribution in [2.75, 3.05) is 26.7 Å². The normalized spacial score (nSPS) is 18.8. The highest BCUT2D eigenvalue weighted by Crippen LogP contribution is 2.07. The van der Waals surface area contributed by atoms with Crippen molar-refractivity contribution < 1.29 is 14.3 Å². The Morgan fingerprint density at radius 2 is 2.19 bits per heavy atom. The summed E-state index contributed by atoms with van der Waals surface area (Å²) in [5.41, 5.74) is 0. The van der Waals surface area contributed by atoms with E-state index < -0.39 is 0 Å². The van der Waals surface area contributed by atoms with E-state index in [0.717, 1.165) is 19.4 Å². The van der Waals surface area contributed by atoms with E-state index in [1.807, 2.05) is 0 Å². The van der Waals surface area contributed by atoms with E-state index in [-0.39, 0.29) is 36.9 Å². The molecule has 1 rings (SSSR count). The third-order valence-corrected chi connectivity index (χ3v) is 2.41. The molecule has 6 heteroatoms. The van der Waals surface area contributed by atoms with Gasteiger partial charge in [-0.1, -0.05) is 0 Å². The molecule has 0 aromatic rings. The maximum Gasteiger partial charge on any atom is 0.325 e. The quantitative estimate of drug-likeness (QED) is 0.724. The van der Waals surface area contributed by atoms with Gasteiger partial charge in [0.05, 0.1) is 12.6 Å². The summed E-state index contributed by atoms with van der Waals surface area (Å²) in [6, 6.07) is -0.121. The number of carbonyl (C=O) groups is 2. The molecule has 1 N–H and O–H groups in total. The van der Waals surface area contributed by atoms with Crippen molar-refractivity contribution in [3.63, 3.8) is 0 Å². The van der Waals surface area contributed by atoms with Crippen LogP contribution < -0.4 is 5.32 Å². The lowest BCUT2D eigenvalue weighted by atomic mass is 10.2. The Bertz CT molecular complexity index is 242. The van der Waals surface area contributed by atoms with Gasteiger partial charge >= 0.3 is 5.97 Å². The zero-order chi connectivity index (χ0) is 11.3. The van der Waals surface area contributed by atoms with Crippen LogP contribution in [0.3, 0.4) is 0 Å². The number of ether oxygens (including phenoxy) is 1. The lowest BCUT2D eigenvalue weighted by Crippen LogP contribution is -2.43. The van der Waals surface area contributed by atoms with Gasteiger partial charge in [0.25, 0.3) is 0 Å². The predicted octanol–water partition coefficient (Wildman–Crippen LogP) is 0.182. The van der Waals surface area contributed by atoms with E-state index in [9.17, 15) is 9.59 Å². The highest BCUT2D eigenvalue weighted by atomic mass is 35.5. The fraction of sp³-hybridized carbons (Fsp3) is 0.800. The Balaban J connectivity index is 0.00000225. The van der Waals surface area contributed by atoms with E-state index in [4.69, 9.17) is 4.74 Å². The minimum absolute atomic E-state index is 0. The van der Waals surface area contributed by atoms with Crippen LogP contribution in [0, 0.1) is 0 Å². The van der Waals surface area contributed by atoms with Crippen LogP contribution in [0.4, 0.5) is 0 Å². The molecule has 1 unspecified atom stereocenters. The molecule has 1 aliphatic rings. The summed E-state index contributed by atoms with van der Waals surface area (Å²) in [6.45, 7) is 3.01. The number of rotatable bonds is 4. The summed E-state index contributed by atoms with van der Waals surface area (Å²) < 4.78 is 4.77. The standard InChI is InChI=1S/C10H18N2O3.ClH/c1-3-15-9(13)7-12(2)10(14)8-5-4-6-11-8;/h8,11H,3-7H2,1-2H3;1H. The molecular formula is C10H19ClN2O3. The first kappa shape index (κ1) is 15.2. The Kier molecular flexibility index (Phi) is 7.08. The SMILES string of the molecule is CCOC(=O)CN(C)C(=O)C1CCCN1.Cl. The second-order valence-corrected chi connectivity index (χ2v) is 3.65. The van der Waals surface area contributed by atoms with Gasteiger partial charge in [-0.25, -0.2) is 0 Å². The summed E-state index contributed by atoms with van der Waals surface area (Å²) in [5, 5.41) is 3.10. The molecule has 0 radical (unpaired) electrons. The van der Waals surface area contributed by atoms with Gasteiger partial charge < -0.3 is 15.0 Å².